The van der Waals surface area contributed by atoms with Crippen LogP contribution < -0.4 is 16.4 Å². The van der Waals surface area contributed by atoms with Gasteiger partial charge in [-0.15, -0.1) is 0 Å². The number of nitrogen functional groups attached to an aromatic ring is 1. The lowest BCUT2D eigenvalue weighted by Gasteiger charge is -2.46. The number of nitrogens with two attached hydrogens (primary N) is 1. The van der Waals surface area contributed by atoms with E-state index in [-0.39, 0.29) is 30.2 Å². The van der Waals surface area contributed by atoms with E-state index in [2.05, 4.69) is 20.6 Å². The fraction of sp³-hybridized carbons (Fsp3) is 0.714. The van der Waals surface area contributed by atoms with E-state index in [0.717, 1.165) is 55.7 Å². The average molecular weight is 417 g/mol. The Morgan fingerprint density at radius 3 is 2.57 bits per heavy atom. The van der Waals surface area contributed by atoms with E-state index < -0.39 is 0 Å². The van der Waals surface area contributed by atoms with Gasteiger partial charge >= 0.3 is 6.03 Å². The van der Waals surface area contributed by atoms with Crippen LogP contribution in [0.2, 0.25) is 0 Å². The number of amides is 3. The van der Waals surface area contributed by atoms with Crippen molar-refractivity contribution in [3.63, 3.8) is 0 Å². The molecule has 0 radical (unpaired) electrons. The minimum atomic E-state index is -0.175. The van der Waals surface area contributed by atoms with E-state index in [1.165, 1.54) is 0 Å². The average Bonchev–Trinajstić information content (AvgIpc) is 2.72. The number of carbonyl (C=O) groups excluding carboxylic acids is 2. The molecule has 3 aliphatic heterocycles. The molecule has 0 saturated carbocycles. The van der Waals surface area contributed by atoms with Crippen LogP contribution in [0, 0.1) is 25.7 Å². The Kier molecular flexibility index (Phi) is 6.08. The number of carbonyl (C=O) groups is 2. The number of aromatic nitrogens is 2. The summed E-state index contributed by atoms with van der Waals surface area (Å²) in [6.07, 6.45) is 4.80. The Morgan fingerprint density at radius 1 is 1.17 bits per heavy atom. The maximum Gasteiger partial charge on any atom is 0.317 e. The van der Waals surface area contributed by atoms with E-state index in [4.69, 9.17) is 10.5 Å². The summed E-state index contributed by atoms with van der Waals surface area (Å²) in [6.45, 7) is 5.99. The molecule has 0 aliphatic carbocycles. The van der Waals surface area contributed by atoms with Crippen molar-refractivity contribution in [1.29, 1.82) is 0 Å². The van der Waals surface area contributed by atoms with Crippen molar-refractivity contribution in [1.82, 2.24) is 25.5 Å². The van der Waals surface area contributed by atoms with E-state index in [0.29, 0.717) is 31.3 Å². The maximum atomic E-state index is 12.8. The first kappa shape index (κ1) is 20.8. The number of hydrogen-bond acceptors (Lipinski definition) is 6. The van der Waals surface area contributed by atoms with Gasteiger partial charge in [0.05, 0.1) is 0 Å². The number of anilines is 1. The number of nitrogens with zero attached hydrogens (tertiary/aromatic N) is 3. The molecular formula is C21H32N6O3. The van der Waals surface area contributed by atoms with Crippen LogP contribution in [0.5, 0.6) is 0 Å². The predicted molar refractivity (Wildman–Crippen MR) is 111 cm³/mol. The lowest BCUT2D eigenvalue weighted by Crippen LogP contribution is -2.65. The Morgan fingerprint density at radius 2 is 1.87 bits per heavy atom. The third-order valence-electron chi connectivity index (χ3n) is 6.83. The van der Waals surface area contributed by atoms with E-state index >= 15 is 0 Å². The van der Waals surface area contributed by atoms with Crippen molar-refractivity contribution >= 4 is 17.9 Å². The Labute approximate surface area is 177 Å². The number of piperidine rings is 1. The van der Waals surface area contributed by atoms with Crippen LogP contribution in [0.1, 0.15) is 49.1 Å². The molecule has 4 heterocycles. The fourth-order valence-corrected chi connectivity index (χ4v) is 5.24. The van der Waals surface area contributed by atoms with Crippen molar-refractivity contribution in [2.24, 2.45) is 11.8 Å². The SMILES string of the molecule is Cc1nc(N)nc(C)c1CCC(=O)N1CCC([C@@H]2NC(=O)N[C@H]3OCCC[C@H]32)CC1. The number of aryl methyl sites for hydroxylation is 2. The molecule has 0 spiro atoms. The zero-order chi connectivity index (χ0) is 21.3. The van der Waals surface area contributed by atoms with E-state index in [1.54, 1.807) is 0 Å². The highest BCUT2D eigenvalue weighted by molar-refractivity contribution is 5.77. The van der Waals surface area contributed by atoms with Gasteiger partial charge in [0.25, 0.3) is 0 Å². The van der Waals surface area contributed by atoms with Gasteiger partial charge in [-0.05, 0) is 57.4 Å². The predicted octanol–water partition coefficient (Wildman–Crippen LogP) is 1.28. The molecule has 164 valence electrons. The highest BCUT2D eigenvalue weighted by Crippen LogP contribution is 2.33. The van der Waals surface area contributed by atoms with E-state index in [9.17, 15) is 9.59 Å². The minimum Gasteiger partial charge on any atom is -0.368 e. The Hall–Kier alpha value is -2.42. The van der Waals surface area contributed by atoms with Gasteiger partial charge in [-0.1, -0.05) is 0 Å². The van der Waals surface area contributed by atoms with Gasteiger partial charge < -0.3 is 26.0 Å². The van der Waals surface area contributed by atoms with Gasteiger partial charge in [-0.2, -0.15) is 0 Å². The lowest BCUT2D eigenvalue weighted by atomic mass is 9.77. The van der Waals surface area contributed by atoms with Gasteiger partial charge in [0.15, 0.2) is 0 Å². The molecule has 4 rings (SSSR count). The molecule has 0 unspecified atom stereocenters. The van der Waals surface area contributed by atoms with Crippen molar-refractivity contribution in [2.75, 3.05) is 25.4 Å². The lowest BCUT2D eigenvalue weighted by molar-refractivity contribution is -0.133. The summed E-state index contributed by atoms with van der Waals surface area (Å²) < 4.78 is 5.78. The van der Waals surface area contributed by atoms with Crippen molar-refractivity contribution in [3.05, 3.63) is 17.0 Å². The molecule has 30 heavy (non-hydrogen) atoms. The monoisotopic (exact) mass is 416 g/mol. The van der Waals surface area contributed by atoms with Crippen molar-refractivity contribution in [2.45, 2.75) is 64.6 Å². The molecular weight excluding hydrogens is 384 g/mol. The Bertz CT molecular complexity index is 785. The van der Waals surface area contributed by atoms with Crippen molar-refractivity contribution in [3.8, 4) is 0 Å². The molecule has 1 aromatic rings. The standard InChI is InChI=1S/C21H32N6O3/c1-12-15(13(2)24-20(22)23-12)5-6-17(28)27-9-7-14(8-10-27)18-16-4-3-11-30-19(16)26-21(29)25-18/h14,16,18-19H,3-11H2,1-2H3,(H2,22,23,24)(H2,25,26,29)/t16-,18-,19-/m0/s1. The van der Waals surface area contributed by atoms with Gasteiger partial charge in [0.1, 0.15) is 6.23 Å². The number of rotatable bonds is 4. The molecule has 3 saturated heterocycles. The summed E-state index contributed by atoms with van der Waals surface area (Å²) in [6, 6.07) is -0.0170. The molecule has 3 fully saturated rings. The third-order valence-corrected chi connectivity index (χ3v) is 6.83. The van der Waals surface area contributed by atoms with Crippen LogP contribution >= 0.6 is 0 Å². The van der Waals surface area contributed by atoms with Gasteiger partial charge in [-0.25, -0.2) is 14.8 Å². The van der Waals surface area contributed by atoms with Crippen molar-refractivity contribution < 1.29 is 14.3 Å². The summed E-state index contributed by atoms with van der Waals surface area (Å²) >= 11 is 0. The first-order chi connectivity index (χ1) is 14.4. The third kappa shape index (κ3) is 4.35. The smallest absolute Gasteiger partial charge is 0.317 e. The number of likely N-dealkylation sites (tertiary alicyclic amines) is 1. The van der Waals surface area contributed by atoms with Gasteiger partial charge in [0, 0.05) is 49.5 Å². The molecule has 0 aromatic carbocycles. The summed E-state index contributed by atoms with van der Waals surface area (Å²) in [7, 11) is 0. The highest BCUT2D eigenvalue weighted by atomic mass is 16.5. The number of nitrogens with one attached hydrogen (secondary N) is 2. The first-order valence-corrected chi connectivity index (χ1v) is 11.0. The largest absolute Gasteiger partial charge is 0.368 e. The molecule has 0 bridgehead atoms. The highest BCUT2D eigenvalue weighted by Gasteiger charge is 2.43. The normalized spacial score (nSPS) is 27.2. The molecule has 9 heteroatoms. The minimum absolute atomic E-state index is 0.124. The number of hydrogen-bond donors (Lipinski definition) is 3. The molecule has 3 amide bonds. The molecule has 3 atom stereocenters. The summed E-state index contributed by atoms with van der Waals surface area (Å²) in [5.74, 6) is 1.12. The number of urea groups is 1. The summed E-state index contributed by atoms with van der Waals surface area (Å²) in [5, 5.41) is 6.04. The second-order valence-corrected chi connectivity index (χ2v) is 8.69. The second kappa shape index (κ2) is 8.75. The zero-order valence-corrected chi connectivity index (χ0v) is 17.8. The molecule has 9 nitrogen and oxygen atoms in total. The summed E-state index contributed by atoms with van der Waals surface area (Å²) in [5.41, 5.74) is 8.39. The van der Waals surface area contributed by atoms with Crippen LogP contribution in [0.25, 0.3) is 0 Å². The van der Waals surface area contributed by atoms with Crippen LogP contribution in [0.15, 0.2) is 0 Å². The van der Waals surface area contributed by atoms with Crippen LogP contribution in [0.4, 0.5) is 10.7 Å². The van der Waals surface area contributed by atoms with Crippen LogP contribution in [-0.4, -0.2) is 58.8 Å². The fourth-order valence-electron chi connectivity index (χ4n) is 5.24. The molecule has 3 aliphatic rings. The van der Waals surface area contributed by atoms with Gasteiger partial charge in [-0.3, -0.25) is 4.79 Å². The number of ether oxygens (including phenoxy) is 1. The van der Waals surface area contributed by atoms with Gasteiger partial charge in [0.2, 0.25) is 11.9 Å². The topological polar surface area (TPSA) is 122 Å². The second-order valence-electron chi connectivity index (χ2n) is 8.69. The maximum absolute atomic E-state index is 12.8. The zero-order valence-electron chi connectivity index (χ0n) is 17.8. The molecule has 4 N–H and O–H groups in total. The van der Waals surface area contributed by atoms with Crippen LogP contribution in [0.3, 0.4) is 0 Å². The summed E-state index contributed by atoms with van der Waals surface area (Å²) in [4.78, 5) is 35.2. The van der Waals surface area contributed by atoms with E-state index in [1.807, 2.05) is 18.7 Å². The Balaban J connectivity index is 1.31. The quantitative estimate of drug-likeness (QED) is 0.680. The molecule has 1 aromatic heterocycles. The first-order valence-electron chi connectivity index (χ1n) is 11.0. The number of fused-ring (bicyclic) bond motifs is 1. The van der Waals surface area contributed by atoms with Crippen LogP contribution in [-0.2, 0) is 16.0 Å².